The number of hydrogen-bond acceptors (Lipinski definition) is 0. The van der Waals surface area contributed by atoms with Gasteiger partial charge in [-0.1, -0.05) is 51.5 Å². The predicted molar refractivity (Wildman–Crippen MR) is 89.5 cm³/mol. The fourth-order valence-corrected chi connectivity index (χ4v) is 8.62. The summed E-state index contributed by atoms with van der Waals surface area (Å²) in [4.78, 5) is 0. The molecule has 3 saturated carbocycles. The normalized spacial score (nSPS) is 36.7. The van der Waals surface area contributed by atoms with Gasteiger partial charge in [0.05, 0.1) is 0 Å². The number of allylic oxidation sites excluding steroid dienone is 3. The van der Waals surface area contributed by atoms with Gasteiger partial charge in [0.25, 0.3) is 0 Å². The first kappa shape index (κ1) is 13.7. The van der Waals surface area contributed by atoms with Gasteiger partial charge in [-0.3, -0.25) is 0 Å². The van der Waals surface area contributed by atoms with Crippen molar-refractivity contribution in [3.05, 3.63) is 22.7 Å². The third-order valence-electron chi connectivity index (χ3n) is 6.49. The fraction of sp³-hybridized carbons (Fsp3) is 0.765. The van der Waals surface area contributed by atoms with Crippen molar-refractivity contribution < 1.29 is 0 Å². The summed E-state index contributed by atoms with van der Waals surface area (Å²) in [7, 11) is -1.10. The molecule has 2 heteroatoms. The first-order valence-corrected chi connectivity index (χ1v) is 11.6. The van der Waals surface area contributed by atoms with E-state index in [0.29, 0.717) is 5.41 Å². The highest BCUT2D eigenvalue weighted by Gasteiger charge is 2.55. The zero-order valence-electron chi connectivity index (χ0n) is 13.8. The van der Waals surface area contributed by atoms with E-state index in [1.807, 2.05) is 0 Å². The summed E-state index contributed by atoms with van der Waals surface area (Å²) < 4.78 is 0. The highest BCUT2D eigenvalue weighted by molar-refractivity contribution is 6.92. The van der Waals surface area contributed by atoms with E-state index >= 15 is 0 Å². The van der Waals surface area contributed by atoms with Crippen molar-refractivity contribution in [3.63, 3.8) is 0 Å². The van der Waals surface area contributed by atoms with Crippen molar-refractivity contribution in [1.82, 2.24) is 0 Å². The average molecular weight is 272 g/mol. The Labute approximate surface area is 120 Å². The SMILES string of the molecule is CB1C=C2C(=C(C)[C@H]1[Si](C)(C)C)C[C@H]1C[C@@H]2C1(C)C. The summed E-state index contributed by atoms with van der Waals surface area (Å²) >= 11 is 0. The molecule has 4 rings (SSSR count). The predicted octanol–water partition coefficient (Wildman–Crippen LogP) is 5.22. The Kier molecular flexibility index (Phi) is 2.82. The lowest BCUT2D eigenvalue weighted by Gasteiger charge is -2.60. The average Bonchev–Trinajstić information content (AvgIpc) is 2.25. The van der Waals surface area contributed by atoms with Crippen LogP contribution in [0.1, 0.15) is 33.6 Å². The molecule has 3 fully saturated rings. The summed E-state index contributed by atoms with van der Waals surface area (Å²) in [5.74, 6) is 4.49. The van der Waals surface area contributed by atoms with Crippen LogP contribution in [0, 0.1) is 17.3 Å². The van der Waals surface area contributed by atoms with Crippen LogP contribution in [-0.2, 0) is 0 Å². The molecule has 2 bridgehead atoms. The van der Waals surface area contributed by atoms with Crippen LogP contribution in [0.5, 0.6) is 0 Å². The van der Waals surface area contributed by atoms with Crippen molar-refractivity contribution >= 4 is 14.8 Å². The molecule has 0 spiro atoms. The largest absolute Gasteiger partial charge is 0.168 e. The Morgan fingerprint density at radius 1 is 1.26 bits per heavy atom. The van der Waals surface area contributed by atoms with Crippen molar-refractivity contribution in [3.8, 4) is 0 Å². The van der Waals surface area contributed by atoms with E-state index in [0.717, 1.165) is 24.0 Å². The summed E-state index contributed by atoms with van der Waals surface area (Å²) in [6.45, 7) is 18.3. The molecule has 0 aromatic carbocycles. The second kappa shape index (κ2) is 3.90. The molecule has 0 radical (unpaired) electrons. The van der Waals surface area contributed by atoms with Gasteiger partial charge >= 0.3 is 0 Å². The summed E-state index contributed by atoms with van der Waals surface area (Å²) in [5, 5.41) is 0. The molecule has 0 aromatic rings. The van der Waals surface area contributed by atoms with Crippen LogP contribution >= 0.6 is 0 Å². The molecule has 0 unspecified atom stereocenters. The second-order valence-electron chi connectivity index (χ2n) is 9.00. The molecule has 0 amide bonds. The van der Waals surface area contributed by atoms with Crippen LogP contribution in [0.25, 0.3) is 0 Å². The summed E-state index contributed by atoms with van der Waals surface area (Å²) in [6, 6.07) is 0. The van der Waals surface area contributed by atoms with Gasteiger partial charge in [0.15, 0.2) is 6.71 Å². The maximum Gasteiger partial charge on any atom is 0.168 e. The maximum absolute atomic E-state index is 2.67. The van der Waals surface area contributed by atoms with E-state index in [2.05, 4.69) is 53.2 Å². The molecule has 1 heterocycles. The highest BCUT2D eigenvalue weighted by atomic mass is 28.3. The van der Waals surface area contributed by atoms with Crippen molar-refractivity contribution in [1.29, 1.82) is 0 Å². The van der Waals surface area contributed by atoms with Gasteiger partial charge in [0, 0.05) is 8.07 Å². The van der Waals surface area contributed by atoms with Crippen LogP contribution in [-0.4, -0.2) is 14.8 Å². The van der Waals surface area contributed by atoms with E-state index < -0.39 is 8.07 Å². The van der Waals surface area contributed by atoms with E-state index in [-0.39, 0.29) is 0 Å². The monoisotopic (exact) mass is 272 g/mol. The number of rotatable bonds is 1. The van der Waals surface area contributed by atoms with Crippen LogP contribution in [0.3, 0.4) is 0 Å². The lowest BCUT2D eigenvalue weighted by atomic mass is 9.38. The molecular formula is C17H29BSi. The van der Waals surface area contributed by atoms with E-state index in [9.17, 15) is 0 Å². The molecule has 3 aliphatic carbocycles. The van der Waals surface area contributed by atoms with Crippen molar-refractivity contribution in [2.75, 3.05) is 0 Å². The first-order chi connectivity index (χ1) is 8.64. The van der Waals surface area contributed by atoms with Crippen molar-refractivity contribution in [2.45, 2.75) is 65.5 Å². The maximum atomic E-state index is 2.67. The highest BCUT2D eigenvalue weighted by Crippen LogP contribution is 2.64. The molecule has 19 heavy (non-hydrogen) atoms. The minimum absolute atomic E-state index is 0.571. The minimum atomic E-state index is -1.10. The molecule has 1 aliphatic heterocycles. The van der Waals surface area contributed by atoms with Gasteiger partial charge in [-0.2, -0.15) is 0 Å². The van der Waals surface area contributed by atoms with Gasteiger partial charge in [-0.15, -0.1) is 5.98 Å². The van der Waals surface area contributed by atoms with Gasteiger partial charge in [0.2, 0.25) is 0 Å². The van der Waals surface area contributed by atoms with E-state index in [1.54, 1.807) is 16.7 Å². The van der Waals surface area contributed by atoms with Gasteiger partial charge in [-0.25, -0.2) is 0 Å². The molecule has 0 saturated heterocycles. The summed E-state index contributed by atoms with van der Waals surface area (Å²) in [6.07, 6.45) is 2.83. The molecule has 4 aliphatic rings. The van der Waals surface area contributed by atoms with Crippen LogP contribution in [0.4, 0.5) is 0 Å². The van der Waals surface area contributed by atoms with Crippen LogP contribution in [0.15, 0.2) is 22.7 Å². The van der Waals surface area contributed by atoms with E-state index in [4.69, 9.17) is 0 Å². The zero-order valence-corrected chi connectivity index (χ0v) is 14.8. The third-order valence-corrected chi connectivity index (χ3v) is 9.31. The zero-order chi connectivity index (χ0) is 14.2. The number of hydrogen-bond donors (Lipinski definition) is 0. The van der Waals surface area contributed by atoms with Gasteiger partial charge in [-0.05, 0) is 48.0 Å². The molecule has 104 valence electrons. The Bertz CT molecular complexity index is 478. The Morgan fingerprint density at radius 2 is 1.89 bits per heavy atom. The third kappa shape index (κ3) is 1.78. The van der Waals surface area contributed by atoms with Crippen LogP contribution < -0.4 is 0 Å². The molecular weight excluding hydrogens is 243 g/mol. The Morgan fingerprint density at radius 3 is 2.42 bits per heavy atom. The minimum Gasteiger partial charge on any atom is -0.111 e. The van der Waals surface area contributed by atoms with Gasteiger partial charge in [0.1, 0.15) is 0 Å². The molecule has 0 N–H and O–H groups in total. The lowest BCUT2D eigenvalue weighted by Crippen LogP contribution is -2.52. The topological polar surface area (TPSA) is 0 Å². The van der Waals surface area contributed by atoms with Gasteiger partial charge < -0.3 is 0 Å². The van der Waals surface area contributed by atoms with Crippen LogP contribution in [0.2, 0.25) is 31.9 Å². The smallest absolute Gasteiger partial charge is 0.111 e. The quantitative estimate of drug-likeness (QED) is 0.574. The molecule has 0 aromatic heterocycles. The fourth-order valence-electron chi connectivity index (χ4n) is 5.47. The lowest BCUT2D eigenvalue weighted by molar-refractivity contribution is -0.0116. The standard InChI is InChI=1S/C17H29BSi/c1-11-13-8-12-9-15(17(12,2)3)14(13)10-18(4)16(11)19(5,6)7/h10,12,15-16H,8-9H2,1-7H3/t12-,15-,16+/m0/s1. The first-order valence-electron chi connectivity index (χ1n) is 8.05. The van der Waals surface area contributed by atoms with E-state index in [1.165, 1.54) is 12.8 Å². The molecule has 0 nitrogen and oxygen atoms in total. The Balaban J connectivity index is 2.03. The second-order valence-corrected chi connectivity index (χ2v) is 14.4. The van der Waals surface area contributed by atoms with Crippen molar-refractivity contribution in [2.24, 2.45) is 17.3 Å². The summed E-state index contributed by atoms with van der Waals surface area (Å²) in [5.41, 5.74) is 6.75. The molecule has 3 atom stereocenters. The Hall–Kier alpha value is -0.238.